The Morgan fingerprint density at radius 1 is 1.29 bits per heavy atom. The molecule has 21 heavy (non-hydrogen) atoms. The highest BCUT2D eigenvalue weighted by Gasteiger charge is 2.20. The van der Waals surface area contributed by atoms with Gasteiger partial charge in [-0.15, -0.1) is 0 Å². The van der Waals surface area contributed by atoms with E-state index in [1.165, 1.54) is 6.33 Å². The average molecular weight is 317 g/mol. The summed E-state index contributed by atoms with van der Waals surface area (Å²) in [6, 6.07) is 1.20. The maximum absolute atomic E-state index is 13.5. The van der Waals surface area contributed by atoms with Crippen LogP contribution < -0.4 is 10.5 Å². The molecule has 1 heterocycles. The second-order valence-electron chi connectivity index (χ2n) is 4.24. The van der Waals surface area contributed by atoms with Gasteiger partial charge in [-0.3, -0.25) is 5.10 Å². The minimum absolute atomic E-state index is 0.0692. The van der Waals surface area contributed by atoms with E-state index in [0.717, 1.165) is 6.07 Å². The van der Waals surface area contributed by atoms with Crippen molar-refractivity contribution in [3.05, 3.63) is 35.9 Å². The highest BCUT2D eigenvalue weighted by atomic mass is 32.2. The first kappa shape index (κ1) is 15.3. The van der Waals surface area contributed by atoms with Crippen molar-refractivity contribution in [1.29, 1.82) is 0 Å². The number of rotatable bonds is 6. The highest BCUT2D eigenvalue weighted by molar-refractivity contribution is 7.89. The number of nitrogens with zero attached hydrogens (tertiary/aromatic N) is 2. The summed E-state index contributed by atoms with van der Waals surface area (Å²) in [7, 11) is -4.09. The number of hydrogen-bond donors (Lipinski definition) is 3. The van der Waals surface area contributed by atoms with E-state index in [1.807, 2.05) is 0 Å². The smallest absolute Gasteiger partial charge is 0.243 e. The number of halogens is 2. The van der Waals surface area contributed by atoms with Crippen molar-refractivity contribution in [2.45, 2.75) is 17.7 Å². The lowest BCUT2D eigenvalue weighted by Crippen LogP contribution is -2.26. The second kappa shape index (κ2) is 6.14. The summed E-state index contributed by atoms with van der Waals surface area (Å²) in [6.07, 6.45) is 2.26. The molecular weight excluding hydrogens is 304 g/mol. The Hall–Kier alpha value is -2.07. The second-order valence-corrected chi connectivity index (χ2v) is 5.97. The summed E-state index contributed by atoms with van der Waals surface area (Å²) in [4.78, 5) is 3.20. The molecule has 0 atom stereocenters. The monoisotopic (exact) mass is 317 g/mol. The molecule has 0 spiro atoms. The van der Waals surface area contributed by atoms with E-state index < -0.39 is 32.2 Å². The summed E-state index contributed by atoms with van der Waals surface area (Å²) in [5.41, 5.74) is 4.82. The van der Waals surface area contributed by atoms with Crippen molar-refractivity contribution in [2.75, 3.05) is 12.3 Å². The molecule has 2 rings (SSSR count). The van der Waals surface area contributed by atoms with Crippen molar-refractivity contribution in [2.24, 2.45) is 0 Å². The van der Waals surface area contributed by atoms with Gasteiger partial charge in [-0.05, 0) is 12.5 Å². The van der Waals surface area contributed by atoms with Gasteiger partial charge in [0.05, 0.1) is 5.69 Å². The van der Waals surface area contributed by atoms with Crippen molar-refractivity contribution < 1.29 is 17.2 Å². The van der Waals surface area contributed by atoms with Crippen LogP contribution in [-0.2, 0) is 16.4 Å². The molecule has 0 unspecified atom stereocenters. The number of aromatic nitrogens is 3. The van der Waals surface area contributed by atoms with Crippen LogP contribution in [-0.4, -0.2) is 30.1 Å². The third-order valence-electron chi connectivity index (χ3n) is 2.69. The molecule has 10 heteroatoms. The van der Waals surface area contributed by atoms with E-state index in [1.54, 1.807) is 0 Å². The standard InChI is InChI=1S/C11H13F2N5O2S/c12-7-4-8(13)10(5-9(7)14)21(19,20)17-3-1-2-11-15-6-16-18-11/h4-6,17H,1-3,14H2,(H,15,16,18). The number of nitrogens with one attached hydrogen (secondary N) is 2. The Bertz CT molecular complexity index is 718. The van der Waals surface area contributed by atoms with Gasteiger partial charge < -0.3 is 5.73 Å². The Balaban J connectivity index is 2.00. The van der Waals surface area contributed by atoms with Crippen molar-refractivity contribution >= 4 is 15.7 Å². The van der Waals surface area contributed by atoms with E-state index in [-0.39, 0.29) is 6.54 Å². The number of anilines is 1. The first-order valence-corrected chi connectivity index (χ1v) is 7.47. The first-order valence-electron chi connectivity index (χ1n) is 5.98. The lowest BCUT2D eigenvalue weighted by molar-refractivity contribution is 0.543. The van der Waals surface area contributed by atoms with Gasteiger partial charge in [0.25, 0.3) is 0 Å². The molecule has 0 amide bonds. The molecule has 0 saturated carbocycles. The zero-order chi connectivity index (χ0) is 15.5. The van der Waals surface area contributed by atoms with Crippen LogP contribution in [0.25, 0.3) is 0 Å². The Labute approximate surface area is 119 Å². The number of sulfonamides is 1. The van der Waals surface area contributed by atoms with Gasteiger partial charge in [-0.2, -0.15) is 5.10 Å². The number of aromatic amines is 1. The third-order valence-corrected chi connectivity index (χ3v) is 4.16. The number of nitrogen functional groups attached to an aromatic ring is 1. The third kappa shape index (κ3) is 3.73. The van der Waals surface area contributed by atoms with Crippen molar-refractivity contribution in [3.63, 3.8) is 0 Å². The van der Waals surface area contributed by atoms with Crippen LogP contribution in [0.15, 0.2) is 23.4 Å². The molecule has 0 radical (unpaired) electrons. The zero-order valence-corrected chi connectivity index (χ0v) is 11.6. The maximum Gasteiger partial charge on any atom is 0.243 e. The van der Waals surface area contributed by atoms with Crippen LogP contribution in [0.2, 0.25) is 0 Å². The molecule has 1 aromatic heterocycles. The first-order chi connectivity index (χ1) is 9.90. The summed E-state index contributed by atoms with van der Waals surface area (Å²) in [5, 5.41) is 6.29. The van der Waals surface area contributed by atoms with E-state index >= 15 is 0 Å². The van der Waals surface area contributed by atoms with Crippen LogP contribution in [0.4, 0.5) is 14.5 Å². The van der Waals surface area contributed by atoms with E-state index in [2.05, 4.69) is 19.9 Å². The fourth-order valence-electron chi connectivity index (χ4n) is 1.64. The lowest BCUT2D eigenvalue weighted by atomic mass is 10.3. The molecule has 7 nitrogen and oxygen atoms in total. The van der Waals surface area contributed by atoms with Crippen LogP contribution >= 0.6 is 0 Å². The van der Waals surface area contributed by atoms with Crippen molar-refractivity contribution in [3.8, 4) is 0 Å². The molecule has 4 N–H and O–H groups in total. The minimum atomic E-state index is -4.09. The normalized spacial score (nSPS) is 11.7. The largest absolute Gasteiger partial charge is 0.396 e. The molecule has 114 valence electrons. The van der Waals surface area contributed by atoms with Crippen LogP contribution in [0, 0.1) is 11.6 Å². The zero-order valence-electron chi connectivity index (χ0n) is 10.8. The quantitative estimate of drug-likeness (QED) is 0.532. The number of aryl methyl sites for hydroxylation is 1. The van der Waals surface area contributed by atoms with Gasteiger partial charge in [-0.1, -0.05) is 0 Å². The summed E-state index contributed by atoms with van der Waals surface area (Å²) in [5.74, 6) is -1.58. The van der Waals surface area contributed by atoms with Gasteiger partial charge in [-0.25, -0.2) is 26.9 Å². The predicted octanol–water partition coefficient (Wildman–Crippen LogP) is 0.576. The molecule has 0 aliphatic heterocycles. The number of hydrogen-bond acceptors (Lipinski definition) is 5. The van der Waals surface area contributed by atoms with Crippen LogP contribution in [0.5, 0.6) is 0 Å². The average Bonchev–Trinajstić information content (AvgIpc) is 2.92. The molecule has 1 aromatic carbocycles. The SMILES string of the molecule is Nc1cc(S(=O)(=O)NCCCc2ncn[nH]2)c(F)cc1F. The van der Waals surface area contributed by atoms with Gasteiger partial charge >= 0.3 is 0 Å². The minimum Gasteiger partial charge on any atom is -0.396 e. The Morgan fingerprint density at radius 2 is 2.05 bits per heavy atom. The van der Waals surface area contributed by atoms with Crippen molar-refractivity contribution in [1.82, 2.24) is 19.9 Å². The number of H-pyrrole nitrogens is 1. The topological polar surface area (TPSA) is 114 Å². The van der Waals surface area contributed by atoms with Crippen LogP contribution in [0.3, 0.4) is 0 Å². The molecule has 0 saturated heterocycles. The summed E-state index contributed by atoms with van der Waals surface area (Å²) < 4.78 is 52.6. The van der Waals surface area contributed by atoms with Gasteiger partial charge in [0.1, 0.15) is 28.7 Å². The Kier molecular flexibility index (Phi) is 4.48. The highest BCUT2D eigenvalue weighted by Crippen LogP contribution is 2.20. The molecule has 0 aliphatic rings. The van der Waals surface area contributed by atoms with Gasteiger partial charge in [0.15, 0.2) is 0 Å². The predicted molar refractivity (Wildman–Crippen MR) is 70.7 cm³/mol. The van der Waals surface area contributed by atoms with E-state index in [4.69, 9.17) is 5.73 Å². The molecule has 2 aromatic rings. The summed E-state index contributed by atoms with van der Waals surface area (Å²) in [6.45, 7) is 0.0692. The van der Waals surface area contributed by atoms with E-state index in [0.29, 0.717) is 24.7 Å². The number of benzene rings is 1. The van der Waals surface area contributed by atoms with Gasteiger partial charge in [0, 0.05) is 19.0 Å². The molecule has 0 aliphatic carbocycles. The van der Waals surface area contributed by atoms with E-state index in [9.17, 15) is 17.2 Å². The van der Waals surface area contributed by atoms with Crippen LogP contribution in [0.1, 0.15) is 12.2 Å². The molecule has 0 fully saturated rings. The summed E-state index contributed by atoms with van der Waals surface area (Å²) >= 11 is 0. The fourth-order valence-corrected chi connectivity index (χ4v) is 2.81. The lowest BCUT2D eigenvalue weighted by Gasteiger charge is -2.08. The Morgan fingerprint density at radius 3 is 2.71 bits per heavy atom. The van der Waals surface area contributed by atoms with Gasteiger partial charge in [0.2, 0.25) is 10.0 Å². The molecule has 0 bridgehead atoms. The fraction of sp³-hybridized carbons (Fsp3) is 0.273. The molecular formula is C11H13F2N5O2S. The maximum atomic E-state index is 13.5. The number of nitrogens with two attached hydrogens (primary N) is 1.